The number of carboxylic acid groups (broad SMARTS) is 1. The fourth-order valence-corrected chi connectivity index (χ4v) is 1.74. The molecule has 0 aromatic carbocycles. The summed E-state index contributed by atoms with van der Waals surface area (Å²) in [5.74, 6) is -0.715. The molecule has 0 aromatic rings. The molecule has 0 bridgehead atoms. The summed E-state index contributed by atoms with van der Waals surface area (Å²) in [6.07, 6.45) is 28.4. The van der Waals surface area contributed by atoms with Crippen LogP contribution in [0.15, 0.2) is 60.8 Å². The van der Waals surface area contributed by atoms with E-state index in [1.165, 1.54) is 0 Å². The normalized spacial score (nSPS) is 12.2. The smallest absolute Gasteiger partial charge is 0.303 e. The molecule has 0 saturated carbocycles. The standard InChI is InChI=1S/C20H30O2.ClH/c1-2-3-4-5-6-7-8-9-10-11-12-13-14-15-16-17-18-19-20(21)22;/h3-4,6-7,9-10,12-13,15-16H,2,5,8,11,14,17-19H2,1H3,(H,21,22);1H. The summed E-state index contributed by atoms with van der Waals surface area (Å²) in [6.45, 7) is 2.14. The van der Waals surface area contributed by atoms with Gasteiger partial charge in [0.1, 0.15) is 0 Å². The molecule has 0 saturated heterocycles. The van der Waals surface area contributed by atoms with E-state index in [0.29, 0.717) is 0 Å². The van der Waals surface area contributed by atoms with E-state index >= 15 is 0 Å². The van der Waals surface area contributed by atoms with E-state index in [9.17, 15) is 4.79 Å². The van der Waals surface area contributed by atoms with Crippen molar-refractivity contribution in [1.82, 2.24) is 0 Å². The molecule has 0 aliphatic rings. The molecule has 0 rings (SSSR count). The average Bonchev–Trinajstić information content (AvgIpc) is 2.50. The van der Waals surface area contributed by atoms with Crippen LogP contribution in [0.25, 0.3) is 0 Å². The number of rotatable bonds is 13. The van der Waals surface area contributed by atoms with Gasteiger partial charge in [-0.25, -0.2) is 0 Å². The summed E-state index contributed by atoms with van der Waals surface area (Å²) in [5, 5.41) is 8.49. The molecule has 1 N–H and O–H groups in total. The zero-order chi connectivity index (χ0) is 16.3. The average molecular weight is 339 g/mol. The lowest BCUT2D eigenvalue weighted by molar-refractivity contribution is -0.137. The lowest BCUT2D eigenvalue weighted by atomic mass is 10.2. The first-order chi connectivity index (χ1) is 10.8. The molecular weight excluding hydrogens is 308 g/mol. The van der Waals surface area contributed by atoms with Gasteiger partial charge in [-0.3, -0.25) is 4.79 Å². The van der Waals surface area contributed by atoms with Gasteiger partial charge in [0.15, 0.2) is 0 Å². The van der Waals surface area contributed by atoms with Crippen LogP contribution in [-0.2, 0) is 4.79 Å². The summed E-state index contributed by atoms with van der Waals surface area (Å²) in [5.41, 5.74) is 0. The van der Waals surface area contributed by atoms with E-state index in [4.69, 9.17) is 5.11 Å². The monoisotopic (exact) mass is 338 g/mol. The topological polar surface area (TPSA) is 37.3 Å². The van der Waals surface area contributed by atoms with Crippen molar-refractivity contribution in [2.75, 3.05) is 0 Å². The van der Waals surface area contributed by atoms with Crippen LogP contribution in [0.1, 0.15) is 58.3 Å². The molecule has 0 unspecified atom stereocenters. The molecule has 0 aliphatic heterocycles. The molecule has 0 radical (unpaired) electrons. The Bertz CT molecular complexity index is 404. The third-order valence-electron chi connectivity index (χ3n) is 2.92. The molecule has 2 nitrogen and oxygen atoms in total. The number of hydrogen-bond acceptors (Lipinski definition) is 1. The van der Waals surface area contributed by atoms with Gasteiger partial charge in [-0.2, -0.15) is 0 Å². The maximum absolute atomic E-state index is 10.3. The van der Waals surface area contributed by atoms with Gasteiger partial charge < -0.3 is 5.11 Å². The van der Waals surface area contributed by atoms with Crippen LogP contribution in [0.4, 0.5) is 0 Å². The fraction of sp³-hybridized carbons (Fsp3) is 0.450. The van der Waals surface area contributed by atoms with Crippen molar-refractivity contribution in [1.29, 1.82) is 0 Å². The zero-order valence-electron chi connectivity index (χ0n) is 14.2. The Hall–Kier alpha value is -1.54. The van der Waals surface area contributed by atoms with Crippen LogP contribution < -0.4 is 0 Å². The maximum Gasteiger partial charge on any atom is 0.303 e. The molecule has 0 aliphatic carbocycles. The lowest BCUT2D eigenvalue weighted by Crippen LogP contribution is -1.92. The Morgan fingerprint density at radius 3 is 1.52 bits per heavy atom. The van der Waals surface area contributed by atoms with Gasteiger partial charge >= 0.3 is 5.97 Å². The maximum atomic E-state index is 10.3. The van der Waals surface area contributed by atoms with E-state index < -0.39 is 5.97 Å². The van der Waals surface area contributed by atoms with Crippen LogP contribution >= 0.6 is 12.4 Å². The summed E-state index contributed by atoms with van der Waals surface area (Å²) in [6, 6.07) is 0. The Balaban J connectivity index is 0. The van der Waals surface area contributed by atoms with E-state index in [-0.39, 0.29) is 18.8 Å². The van der Waals surface area contributed by atoms with E-state index in [1.807, 2.05) is 0 Å². The van der Waals surface area contributed by atoms with Gasteiger partial charge in [-0.05, 0) is 44.9 Å². The van der Waals surface area contributed by atoms with Gasteiger partial charge in [0, 0.05) is 6.42 Å². The Labute approximate surface area is 147 Å². The van der Waals surface area contributed by atoms with Crippen molar-refractivity contribution in [3.63, 3.8) is 0 Å². The van der Waals surface area contributed by atoms with Crippen LogP contribution in [0.2, 0.25) is 0 Å². The Morgan fingerprint density at radius 2 is 1.13 bits per heavy atom. The Kier molecular flexibility index (Phi) is 21.1. The van der Waals surface area contributed by atoms with E-state index in [0.717, 1.165) is 44.9 Å². The Morgan fingerprint density at radius 1 is 0.739 bits per heavy atom. The van der Waals surface area contributed by atoms with Gasteiger partial charge in [-0.1, -0.05) is 67.7 Å². The highest BCUT2D eigenvalue weighted by Crippen LogP contribution is 1.99. The number of unbranched alkanes of at least 4 members (excludes halogenated alkanes) is 1. The number of aliphatic carboxylic acids is 1. The predicted octanol–water partition coefficient (Wildman–Crippen LogP) is 6.41. The van der Waals surface area contributed by atoms with Crippen LogP contribution in [0.5, 0.6) is 0 Å². The lowest BCUT2D eigenvalue weighted by Gasteiger charge is -1.89. The van der Waals surface area contributed by atoms with Crippen molar-refractivity contribution in [2.45, 2.75) is 58.3 Å². The number of halogens is 1. The zero-order valence-corrected chi connectivity index (χ0v) is 15.0. The van der Waals surface area contributed by atoms with Crippen molar-refractivity contribution in [3.8, 4) is 0 Å². The molecule has 0 heterocycles. The molecule has 3 heteroatoms. The molecule has 0 spiro atoms. The van der Waals surface area contributed by atoms with Gasteiger partial charge in [0.2, 0.25) is 0 Å². The van der Waals surface area contributed by atoms with Crippen molar-refractivity contribution in [2.24, 2.45) is 0 Å². The largest absolute Gasteiger partial charge is 0.481 e. The minimum absolute atomic E-state index is 0. The van der Waals surface area contributed by atoms with Crippen molar-refractivity contribution in [3.05, 3.63) is 60.8 Å². The molecule has 0 atom stereocenters. The first-order valence-corrected chi connectivity index (χ1v) is 8.24. The number of carbonyl (C=O) groups is 1. The summed E-state index contributed by atoms with van der Waals surface area (Å²) in [7, 11) is 0. The SMILES string of the molecule is CCC=CCC=CCC=CCC=CCC=CCCCC(=O)O.Cl. The molecule has 130 valence electrons. The van der Waals surface area contributed by atoms with E-state index in [1.54, 1.807) is 0 Å². The quantitative estimate of drug-likeness (QED) is 0.311. The first-order valence-electron chi connectivity index (χ1n) is 8.24. The fourth-order valence-electron chi connectivity index (χ4n) is 1.74. The minimum atomic E-state index is -0.715. The summed E-state index contributed by atoms with van der Waals surface area (Å²) < 4.78 is 0. The van der Waals surface area contributed by atoms with Gasteiger partial charge in [-0.15, -0.1) is 12.4 Å². The summed E-state index contributed by atoms with van der Waals surface area (Å²) >= 11 is 0. The summed E-state index contributed by atoms with van der Waals surface area (Å²) in [4.78, 5) is 10.3. The predicted molar refractivity (Wildman–Crippen MR) is 103 cm³/mol. The molecule has 23 heavy (non-hydrogen) atoms. The van der Waals surface area contributed by atoms with Gasteiger partial charge in [0.05, 0.1) is 0 Å². The molecular formula is C20H31ClO2. The van der Waals surface area contributed by atoms with Crippen molar-refractivity contribution < 1.29 is 9.90 Å². The third kappa shape index (κ3) is 22.9. The number of carboxylic acids is 1. The molecule has 0 aromatic heterocycles. The third-order valence-corrected chi connectivity index (χ3v) is 2.92. The second-order valence-electron chi connectivity index (χ2n) is 4.99. The highest BCUT2D eigenvalue weighted by atomic mass is 35.5. The second kappa shape index (κ2) is 20.5. The van der Waals surface area contributed by atoms with Crippen LogP contribution in [0, 0.1) is 0 Å². The highest BCUT2D eigenvalue weighted by molar-refractivity contribution is 5.85. The number of hydrogen-bond donors (Lipinski definition) is 1. The number of allylic oxidation sites excluding steroid dienone is 10. The van der Waals surface area contributed by atoms with Crippen molar-refractivity contribution >= 4 is 18.4 Å². The minimum Gasteiger partial charge on any atom is -0.481 e. The molecule has 0 amide bonds. The van der Waals surface area contributed by atoms with Crippen LogP contribution in [-0.4, -0.2) is 11.1 Å². The molecule has 0 fully saturated rings. The second-order valence-corrected chi connectivity index (χ2v) is 4.99. The van der Waals surface area contributed by atoms with Crippen LogP contribution in [0.3, 0.4) is 0 Å². The van der Waals surface area contributed by atoms with Gasteiger partial charge in [0.25, 0.3) is 0 Å². The van der Waals surface area contributed by atoms with E-state index in [2.05, 4.69) is 67.7 Å². The first kappa shape index (κ1) is 23.7. The highest BCUT2D eigenvalue weighted by Gasteiger charge is 1.92.